The molecule has 1 aromatic carbocycles. The molecule has 1 aliphatic heterocycles. The predicted molar refractivity (Wildman–Crippen MR) is 99.7 cm³/mol. The second-order valence-corrected chi connectivity index (χ2v) is 8.68. The topological polar surface area (TPSA) is 65.4 Å². The van der Waals surface area contributed by atoms with Crippen molar-refractivity contribution in [3.63, 3.8) is 0 Å². The number of methoxy groups -OCH3 is 1. The molecule has 27 heavy (non-hydrogen) atoms. The van der Waals surface area contributed by atoms with E-state index in [0.717, 1.165) is 58.2 Å². The van der Waals surface area contributed by atoms with Crippen molar-refractivity contribution < 1.29 is 13.9 Å². The molecular formula is C21H26FN3O2. The number of nitrogens with zero attached hydrogens (tertiary/aromatic N) is 2. The zero-order valence-electron chi connectivity index (χ0n) is 15.8. The van der Waals surface area contributed by atoms with Crippen LogP contribution in [0.25, 0.3) is 0 Å². The number of carbonyl (C=O) groups excluding carboxylic acids is 1. The highest BCUT2D eigenvalue weighted by Gasteiger charge is 2.51. The molecule has 4 rings (SSSR count). The van der Waals surface area contributed by atoms with Gasteiger partial charge in [-0.05, 0) is 50.0 Å². The number of rotatable bonds is 5. The van der Waals surface area contributed by atoms with Crippen molar-refractivity contribution in [1.29, 1.82) is 5.26 Å². The first-order chi connectivity index (χ1) is 12.9. The lowest BCUT2D eigenvalue weighted by atomic mass is 9.65. The van der Waals surface area contributed by atoms with E-state index in [1.54, 1.807) is 6.07 Å². The van der Waals surface area contributed by atoms with Crippen LogP contribution in [0.15, 0.2) is 18.2 Å². The van der Waals surface area contributed by atoms with Crippen LogP contribution in [0.2, 0.25) is 0 Å². The normalized spacial score (nSPS) is 23.3. The predicted octanol–water partition coefficient (Wildman–Crippen LogP) is 3.57. The molecule has 3 fully saturated rings. The summed E-state index contributed by atoms with van der Waals surface area (Å²) in [6.45, 7) is 3.04. The molecule has 1 N–H and O–H groups in total. The van der Waals surface area contributed by atoms with E-state index < -0.39 is 5.82 Å². The van der Waals surface area contributed by atoms with Gasteiger partial charge in [0, 0.05) is 43.4 Å². The zero-order valence-corrected chi connectivity index (χ0v) is 15.8. The number of hydrogen-bond acceptors (Lipinski definition) is 4. The van der Waals surface area contributed by atoms with Crippen LogP contribution in [0.3, 0.4) is 0 Å². The Morgan fingerprint density at radius 2 is 2.00 bits per heavy atom. The second kappa shape index (κ2) is 6.79. The van der Waals surface area contributed by atoms with Crippen molar-refractivity contribution in [2.24, 2.45) is 16.7 Å². The fourth-order valence-corrected chi connectivity index (χ4v) is 4.70. The van der Waals surface area contributed by atoms with Crippen LogP contribution in [-0.2, 0) is 4.79 Å². The van der Waals surface area contributed by atoms with Crippen molar-refractivity contribution >= 4 is 11.6 Å². The van der Waals surface area contributed by atoms with Crippen molar-refractivity contribution in [2.75, 3.05) is 32.1 Å². The molecule has 6 heteroatoms. The van der Waals surface area contributed by atoms with Gasteiger partial charge in [-0.25, -0.2) is 4.39 Å². The Kier molecular flexibility index (Phi) is 4.59. The van der Waals surface area contributed by atoms with E-state index in [4.69, 9.17) is 4.74 Å². The minimum Gasteiger partial charge on any atom is -0.497 e. The summed E-state index contributed by atoms with van der Waals surface area (Å²) >= 11 is 0. The van der Waals surface area contributed by atoms with Crippen molar-refractivity contribution in [2.45, 2.75) is 38.5 Å². The molecule has 2 saturated carbocycles. The van der Waals surface area contributed by atoms with E-state index in [1.807, 2.05) is 0 Å². The summed E-state index contributed by atoms with van der Waals surface area (Å²) in [6.07, 6.45) is 5.92. The van der Waals surface area contributed by atoms with Crippen LogP contribution in [-0.4, -0.2) is 37.6 Å². The van der Waals surface area contributed by atoms with Gasteiger partial charge in [0.1, 0.15) is 11.6 Å². The van der Waals surface area contributed by atoms with Crippen molar-refractivity contribution in [1.82, 2.24) is 4.90 Å². The minimum absolute atomic E-state index is 0.0205. The van der Waals surface area contributed by atoms with E-state index in [9.17, 15) is 14.4 Å². The number of likely N-dealkylation sites (tertiary alicyclic amines) is 1. The Bertz CT molecular complexity index is 768. The summed E-state index contributed by atoms with van der Waals surface area (Å²) in [5.74, 6) is -0.0798. The fraction of sp³-hybridized carbons (Fsp3) is 0.619. The molecule has 1 heterocycles. The van der Waals surface area contributed by atoms with Crippen molar-refractivity contribution in [3.8, 4) is 11.8 Å². The van der Waals surface area contributed by atoms with E-state index in [0.29, 0.717) is 16.9 Å². The number of hydrogen-bond donors (Lipinski definition) is 1. The molecule has 0 bridgehead atoms. The van der Waals surface area contributed by atoms with E-state index >= 15 is 0 Å². The average molecular weight is 371 g/mol. The van der Waals surface area contributed by atoms with Gasteiger partial charge in [-0.15, -0.1) is 0 Å². The third-order valence-corrected chi connectivity index (χ3v) is 6.53. The lowest BCUT2D eigenvalue weighted by Crippen LogP contribution is -2.59. The Morgan fingerprint density at radius 1 is 1.30 bits per heavy atom. The number of benzene rings is 1. The molecule has 3 aliphatic rings. The van der Waals surface area contributed by atoms with E-state index in [2.05, 4.69) is 16.3 Å². The molecule has 1 amide bonds. The lowest BCUT2D eigenvalue weighted by Gasteiger charge is -2.54. The quantitative estimate of drug-likeness (QED) is 0.859. The largest absolute Gasteiger partial charge is 0.497 e. The van der Waals surface area contributed by atoms with Crippen LogP contribution in [0.5, 0.6) is 5.75 Å². The Labute approximate surface area is 159 Å². The van der Waals surface area contributed by atoms with Gasteiger partial charge in [-0.3, -0.25) is 4.79 Å². The van der Waals surface area contributed by atoms with Gasteiger partial charge < -0.3 is 15.0 Å². The summed E-state index contributed by atoms with van der Waals surface area (Å²) < 4.78 is 18.6. The highest BCUT2D eigenvalue weighted by Crippen LogP contribution is 2.51. The van der Waals surface area contributed by atoms with Gasteiger partial charge in [0.15, 0.2) is 0 Å². The van der Waals surface area contributed by atoms with Gasteiger partial charge in [0.25, 0.3) is 0 Å². The monoisotopic (exact) mass is 371 g/mol. The van der Waals surface area contributed by atoms with Crippen LogP contribution < -0.4 is 10.1 Å². The highest BCUT2D eigenvalue weighted by atomic mass is 19.1. The molecule has 2 aliphatic carbocycles. The minimum atomic E-state index is -0.424. The number of nitriles is 1. The molecule has 0 unspecified atom stereocenters. The maximum absolute atomic E-state index is 13.6. The molecule has 0 aromatic heterocycles. The van der Waals surface area contributed by atoms with Gasteiger partial charge in [-0.2, -0.15) is 5.26 Å². The summed E-state index contributed by atoms with van der Waals surface area (Å²) in [5, 5.41) is 12.1. The first-order valence-corrected chi connectivity index (χ1v) is 9.74. The first-order valence-electron chi connectivity index (χ1n) is 9.74. The second-order valence-electron chi connectivity index (χ2n) is 8.68. The molecule has 5 nitrogen and oxygen atoms in total. The van der Waals surface area contributed by atoms with Crippen LogP contribution in [0.4, 0.5) is 10.1 Å². The zero-order chi connectivity index (χ0) is 19.1. The van der Waals surface area contributed by atoms with Gasteiger partial charge in [-0.1, -0.05) is 0 Å². The summed E-state index contributed by atoms with van der Waals surface area (Å²) in [7, 11) is 1.48. The number of amides is 1. The van der Waals surface area contributed by atoms with E-state index in [-0.39, 0.29) is 17.2 Å². The molecule has 1 saturated heterocycles. The molecule has 0 radical (unpaired) electrons. The fourth-order valence-electron chi connectivity index (χ4n) is 4.70. The van der Waals surface area contributed by atoms with Crippen LogP contribution >= 0.6 is 0 Å². The van der Waals surface area contributed by atoms with Gasteiger partial charge in [0.05, 0.1) is 18.6 Å². The molecule has 1 aromatic rings. The Morgan fingerprint density at radius 3 is 2.59 bits per heavy atom. The van der Waals surface area contributed by atoms with Crippen molar-refractivity contribution in [3.05, 3.63) is 24.0 Å². The SMILES string of the molecule is COc1cc(F)cc(NC(=O)C2CCC3(CC2)CN(CC2(C#N)CC2)C3)c1. The highest BCUT2D eigenvalue weighted by molar-refractivity contribution is 5.92. The first kappa shape index (κ1) is 18.2. The van der Waals surface area contributed by atoms with Crippen LogP contribution in [0, 0.1) is 33.9 Å². The lowest BCUT2D eigenvalue weighted by molar-refractivity contribution is -0.123. The van der Waals surface area contributed by atoms with E-state index in [1.165, 1.54) is 19.2 Å². The molecule has 0 atom stereocenters. The smallest absolute Gasteiger partial charge is 0.227 e. The number of carbonyl (C=O) groups is 1. The van der Waals surface area contributed by atoms with Gasteiger partial charge in [0.2, 0.25) is 5.91 Å². The summed E-state index contributed by atoms with van der Waals surface area (Å²) in [4.78, 5) is 15.0. The third kappa shape index (κ3) is 3.79. The average Bonchev–Trinajstić information content (AvgIpc) is 3.40. The number of halogens is 1. The standard InChI is InChI=1S/C21H26FN3O2/c1-27-18-9-16(22)8-17(10-18)24-19(26)15-2-4-21(5-3-15)13-25(14-21)12-20(11-23)6-7-20/h8-10,15H,2-7,12-14H2,1H3,(H,24,26). The maximum atomic E-state index is 13.6. The number of anilines is 1. The number of ether oxygens (including phenoxy) is 1. The van der Waals surface area contributed by atoms with Gasteiger partial charge >= 0.3 is 0 Å². The Hall–Kier alpha value is -2.13. The maximum Gasteiger partial charge on any atom is 0.227 e. The molecule has 144 valence electrons. The third-order valence-electron chi connectivity index (χ3n) is 6.53. The number of nitrogens with one attached hydrogen (secondary N) is 1. The Balaban J connectivity index is 1.27. The molecular weight excluding hydrogens is 345 g/mol. The molecule has 1 spiro atoms. The van der Waals surface area contributed by atoms with Crippen LogP contribution in [0.1, 0.15) is 38.5 Å². The summed E-state index contributed by atoms with van der Waals surface area (Å²) in [6, 6.07) is 6.72. The summed E-state index contributed by atoms with van der Waals surface area (Å²) in [5.41, 5.74) is 0.716.